The van der Waals surface area contributed by atoms with Crippen molar-refractivity contribution < 1.29 is 9.53 Å². The molecule has 6 heteroatoms. The lowest BCUT2D eigenvalue weighted by Gasteiger charge is -2.09. The highest BCUT2D eigenvalue weighted by atomic mass is 79.9. The van der Waals surface area contributed by atoms with Crippen molar-refractivity contribution in [2.24, 2.45) is 5.84 Å². The smallest absolute Gasteiger partial charge is 0.257 e. The maximum atomic E-state index is 11.1. The second-order valence-electron chi connectivity index (χ2n) is 4.45. The molecular weight excluding hydrogens is 412 g/mol. The van der Waals surface area contributed by atoms with Crippen molar-refractivity contribution in [3.8, 4) is 5.75 Å². The Morgan fingerprint density at radius 1 is 1.18 bits per heavy atom. The number of carbonyl (C=O) groups is 1. The molecule has 4 nitrogen and oxygen atoms in total. The molecular formula is C16H14Br2N2O2. The molecule has 2 rings (SSSR count). The summed E-state index contributed by atoms with van der Waals surface area (Å²) in [6.45, 7) is 0.483. The zero-order valence-electron chi connectivity index (χ0n) is 11.6. The number of carbonyl (C=O) groups excluding carboxylic acids is 1. The molecule has 0 saturated heterocycles. The molecule has 1 amide bonds. The molecule has 3 N–H and O–H groups in total. The van der Waals surface area contributed by atoms with Crippen LogP contribution in [0.25, 0.3) is 6.08 Å². The van der Waals surface area contributed by atoms with Gasteiger partial charge in [-0.15, -0.1) is 0 Å². The van der Waals surface area contributed by atoms with Gasteiger partial charge in [0.05, 0.1) is 4.47 Å². The van der Waals surface area contributed by atoms with Gasteiger partial charge in [0, 0.05) is 10.5 Å². The number of hydrazine groups is 1. The lowest BCUT2D eigenvalue weighted by molar-refractivity contribution is -0.116. The number of benzene rings is 2. The van der Waals surface area contributed by atoms with Crippen LogP contribution in [0.15, 0.2) is 57.5 Å². The van der Waals surface area contributed by atoms with Gasteiger partial charge in [-0.1, -0.05) is 34.1 Å². The lowest BCUT2D eigenvalue weighted by atomic mass is 10.2. The number of rotatable bonds is 5. The van der Waals surface area contributed by atoms with Crippen LogP contribution in [0.4, 0.5) is 0 Å². The molecule has 22 heavy (non-hydrogen) atoms. The van der Waals surface area contributed by atoms with E-state index < -0.39 is 0 Å². The Labute approximate surface area is 145 Å². The number of nitrogens with one attached hydrogen (secondary N) is 1. The van der Waals surface area contributed by atoms with Gasteiger partial charge in [-0.25, -0.2) is 5.84 Å². The third-order valence-corrected chi connectivity index (χ3v) is 3.98. The van der Waals surface area contributed by atoms with Crippen molar-refractivity contribution in [1.82, 2.24) is 5.43 Å². The third kappa shape index (κ3) is 4.98. The Bertz CT molecular complexity index is 685. The highest BCUT2D eigenvalue weighted by Crippen LogP contribution is 2.27. The van der Waals surface area contributed by atoms with Crippen LogP contribution in [0.1, 0.15) is 11.1 Å². The summed E-state index contributed by atoms with van der Waals surface area (Å²) in [4.78, 5) is 11.1. The standard InChI is InChI=1S/C16H14Br2N2O2/c17-13-5-1-12(2-6-13)10-22-15-7-3-11(9-14(15)18)4-8-16(21)20-19/h1-9H,10,19H2,(H,20,21)/b8-4+. The van der Waals surface area contributed by atoms with Gasteiger partial charge in [0.1, 0.15) is 12.4 Å². The monoisotopic (exact) mass is 424 g/mol. The van der Waals surface area contributed by atoms with Crippen molar-refractivity contribution in [1.29, 1.82) is 0 Å². The van der Waals surface area contributed by atoms with Gasteiger partial charge >= 0.3 is 0 Å². The molecule has 2 aromatic carbocycles. The number of hydrogen-bond acceptors (Lipinski definition) is 3. The predicted octanol–water partition coefficient (Wildman–Crippen LogP) is 3.79. The quantitative estimate of drug-likeness (QED) is 0.331. The topological polar surface area (TPSA) is 64.3 Å². The molecule has 0 aromatic heterocycles. The Balaban J connectivity index is 2.02. The van der Waals surface area contributed by atoms with E-state index in [0.717, 1.165) is 25.8 Å². The Kier molecular flexibility index (Phi) is 6.18. The second kappa shape index (κ2) is 8.12. The highest BCUT2D eigenvalue weighted by Gasteiger charge is 2.03. The van der Waals surface area contributed by atoms with E-state index in [4.69, 9.17) is 10.6 Å². The van der Waals surface area contributed by atoms with Gasteiger partial charge in [-0.2, -0.15) is 0 Å². The number of amides is 1. The van der Waals surface area contributed by atoms with Crippen LogP contribution in [0.3, 0.4) is 0 Å². The molecule has 0 radical (unpaired) electrons. The normalized spacial score (nSPS) is 10.7. The number of halogens is 2. The summed E-state index contributed by atoms with van der Waals surface area (Å²) < 4.78 is 7.64. The Hall–Kier alpha value is -1.63. The van der Waals surface area contributed by atoms with E-state index >= 15 is 0 Å². The molecule has 114 valence electrons. The lowest BCUT2D eigenvalue weighted by Crippen LogP contribution is -2.27. The van der Waals surface area contributed by atoms with Crippen LogP contribution in [0, 0.1) is 0 Å². The van der Waals surface area contributed by atoms with Crippen LogP contribution >= 0.6 is 31.9 Å². The molecule has 0 spiro atoms. The van der Waals surface area contributed by atoms with Gasteiger partial charge < -0.3 is 4.74 Å². The molecule has 0 atom stereocenters. The average Bonchev–Trinajstić information content (AvgIpc) is 2.53. The fourth-order valence-electron chi connectivity index (χ4n) is 1.70. The van der Waals surface area contributed by atoms with Crippen LogP contribution in [-0.2, 0) is 11.4 Å². The minimum atomic E-state index is -0.355. The Morgan fingerprint density at radius 3 is 2.55 bits per heavy atom. The Morgan fingerprint density at radius 2 is 1.91 bits per heavy atom. The largest absolute Gasteiger partial charge is 0.488 e. The van der Waals surface area contributed by atoms with Gasteiger partial charge in [0.15, 0.2) is 0 Å². The summed E-state index contributed by atoms with van der Waals surface area (Å²) in [6, 6.07) is 13.5. The summed E-state index contributed by atoms with van der Waals surface area (Å²) in [5, 5.41) is 0. The first-order valence-corrected chi connectivity index (χ1v) is 8.02. The SMILES string of the molecule is NNC(=O)/C=C/c1ccc(OCc2ccc(Br)cc2)c(Br)c1. The van der Waals surface area contributed by atoms with Gasteiger partial charge in [-0.05, 0) is 57.4 Å². The summed E-state index contributed by atoms with van der Waals surface area (Å²) in [5.41, 5.74) is 3.99. The molecule has 0 heterocycles. The average molecular weight is 426 g/mol. The van der Waals surface area contributed by atoms with E-state index in [1.165, 1.54) is 6.08 Å². The fourth-order valence-corrected chi connectivity index (χ4v) is 2.47. The van der Waals surface area contributed by atoms with Crippen LogP contribution in [0.5, 0.6) is 5.75 Å². The molecule has 2 aromatic rings. The van der Waals surface area contributed by atoms with Gasteiger partial charge in [0.2, 0.25) is 0 Å². The van der Waals surface area contributed by atoms with Crippen LogP contribution in [0.2, 0.25) is 0 Å². The van der Waals surface area contributed by atoms with E-state index in [0.29, 0.717) is 6.61 Å². The fraction of sp³-hybridized carbons (Fsp3) is 0.0625. The minimum absolute atomic E-state index is 0.355. The summed E-state index contributed by atoms with van der Waals surface area (Å²) in [6.07, 6.45) is 3.04. The van der Waals surface area contributed by atoms with Crippen molar-refractivity contribution in [3.05, 3.63) is 68.6 Å². The molecule has 0 fully saturated rings. The molecule has 0 aliphatic rings. The number of ether oxygens (including phenoxy) is 1. The zero-order chi connectivity index (χ0) is 15.9. The molecule has 0 aliphatic carbocycles. The second-order valence-corrected chi connectivity index (χ2v) is 6.22. The van der Waals surface area contributed by atoms with Gasteiger partial charge in [-0.3, -0.25) is 10.2 Å². The zero-order valence-corrected chi connectivity index (χ0v) is 14.7. The van der Waals surface area contributed by atoms with E-state index in [-0.39, 0.29) is 5.91 Å². The first-order chi connectivity index (χ1) is 10.6. The molecule has 0 bridgehead atoms. The van der Waals surface area contributed by atoms with E-state index in [9.17, 15) is 4.79 Å². The van der Waals surface area contributed by atoms with Crippen LogP contribution < -0.4 is 16.0 Å². The van der Waals surface area contributed by atoms with Crippen molar-refractivity contribution >= 4 is 43.8 Å². The predicted molar refractivity (Wildman–Crippen MR) is 94.0 cm³/mol. The number of hydrogen-bond donors (Lipinski definition) is 2. The third-order valence-electron chi connectivity index (χ3n) is 2.83. The van der Waals surface area contributed by atoms with Gasteiger partial charge in [0.25, 0.3) is 5.91 Å². The van der Waals surface area contributed by atoms with E-state index in [1.54, 1.807) is 6.08 Å². The summed E-state index contributed by atoms with van der Waals surface area (Å²) in [5.74, 6) is 5.40. The minimum Gasteiger partial charge on any atom is -0.488 e. The maximum Gasteiger partial charge on any atom is 0.257 e. The number of nitrogens with two attached hydrogens (primary N) is 1. The first kappa shape index (κ1) is 16.7. The van der Waals surface area contributed by atoms with Crippen LogP contribution in [-0.4, -0.2) is 5.91 Å². The first-order valence-electron chi connectivity index (χ1n) is 6.44. The van der Waals surface area contributed by atoms with E-state index in [2.05, 4.69) is 31.9 Å². The maximum absolute atomic E-state index is 11.1. The van der Waals surface area contributed by atoms with Crippen molar-refractivity contribution in [2.75, 3.05) is 0 Å². The van der Waals surface area contributed by atoms with Crippen molar-refractivity contribution in [2.45, 2.75) is 6.61 Å². The summed E-state index contributed by atoms with van der Waals surface area (Å²) >= 11 is 6.86. The highest BCUT2D eigenvalue weighted by molar-refractivity contribution is 9.10. The molecule has 0 aliphatic heterocycles. The summed E-state index contributed by atoms with van der Waals surface area (Å²) in [7, 11) is 0. The molecule has 0 saturated carbocycles. The molecule has 0 unspecified atom stereocenters. The van der Waals surface area contributed by atoms with E-state index in [1.807, 2.05) is 47.9 Å². The van der Waals surface area contributed by atoms with Crippen molar-refractivity contribution in [3.63, 3.8) is 0 Å².